The van der Waals surface area contributed by atoms with Crippen LogP contribution in [-0.4, -0.2) is 46.8 Å². The van der Waals surface area contributed by atoms with Gasteiger partial charge in [0.2, 0.25) is 10.8 Å². The predicted molar refractivity (Wildman–Crippen MR) is 93.7 cm³/mol. The molecule has 0 fully saturated rings. The van der Waals surface area contributed by atoms with E-state index in [0.29, 0.717) is 0 Å². The van der Waals surface area contributed by atoms with Gasteiger partial charge in [0, 0.05) is 6.92 Å². The van der Waals surface area contributed by atoms with Gasteiger partial charge in [0.25, 0.3) is 0 Å². The number of hydrogen-bond acceptors (Lipinski definition) is 5. The van der Waals surface area contributed by atoms with Crippen LogP contribution < -0.4 is 5.32 Å². The topological polar surface area (TPSA) is 80.7 Å². The van der Waals surface area contributed by atoms with Crippen LogP contribution in [0.2, 0.25) is 5.15 Å². The molecule has 2 heterocycles. The third-order valence-corrected chi connectivity index (χ3v) is 4.76. The van der Waals surface area contributed by atoms with Gasteiger partial charge >= 0.3 is 12.1 Å². The van der Waals surface area contributed by atoms with Gasteiger partial charge < -0.3 is 10.1 Å². The van der Waals surface area contributed by atoms with Crippen LogP contribution in [-0.2, 0) is 14.3 Å². The molecule has 0 bridgehead atoms. The molecule has 1 aromatic rings. The minimum atomic E-state index is -5.22. The number of pyridine rings is 1. The van der Waals surface area contributed by atoms with Crippen molar-refractivity contribution in [2.45, 2.75) is 24.0 Å². The van der Waals surface area contributed by atoms with E-state index in [4.69, 9.17) is 34.8 Å². The standard InChI is InChI=1S/C15H11Cl3F3N3O3/c1-6(25)22-11-9(17)10(7-4-3-5-8(16)23-7)24-12(13(26)27-2)14(11,18)15(19,20)21/h3-5,11H,1-2H3,(H,22,25). The molecule has 0 aliphatic carbocycles. The van der Waals surface area contributed by atoms with Crippen molar-refractivity contribution < 1.29 is 27.5 Å². The molecule has 0 aromatic carbocycles. The van der Waals surface area contributed by atoms with Crippen LogP contribution in [0.1, 0.15) is 12.6 Å². The second-order valence-corrected chi connectivity index (χ2v) is 6.73. The highest BCUT2D eigenvalue weighted by Crippen LogP contribution is 2.48. The molecule has 1 aliphatic heterocycles. The van der Waals surface area contributed by atoms with E-state index >= 15 is 0 Å². The van der Waals surface area contributed by atoms with Crippen molar-refractivity contribution >= 4 is 58.1 Å². The van der Waals surface area contributed by atoms with E-state index in [0.717, 1.165) is 14.0 Å². The maximum absolute atomic E-state index is 13.8. The summed E-state index contributed by atoms with van der Waals surface area (Å²) in [4.78, 5) is 27.7. The summed E-state index contributed by atoms with van der Waals surface area (Å²) in [6, 6.07) is 2.18. The first-order valence-corrected chi connectivity index (χ1v) is 8.29. The monoisotopic (exact) mass is 443 g/mol. The lowest BCUT2D eigenvalue weighted by molar-refractivity contribution is -0.155. The number of amides is 1. The zero-order valence-electron chi connectivity index (χ0n) is 13.7. The first-order chi connectivity index (χ1) is 12.4. The lowest BCUT2D eigenvalue weighted by Crippen LogP contribution is -2.64. The van der Waals surface area contributed by atoms with Gasteiger partial charge in [-0.15, -0.1) is 0 Å². The van der Waals surface area contributed by atoms with Crippen LogP contribution in [0.15, 0.2) is 28.2 Å². The lowest BCUT2D eigenvalue weighted by Gasteiger charge is -2.39. The van der Waals surface area contributed by atoms with Crippen molar-refractivity contribution in [2.75, 3.05) is 7.11 Å². The maximum atomic E-state index is 13.8. The fraction of sp³-hybridized carbons (Fsp3) is 0.333. The number of rotatable bonds is 3. The Morgan fingerprint density at radius 1 is 1.30 bits per heavy atom. The van der Waals surface area contributed by atoms with Crippen LogP contribution in [0.3, 0.4) is 0 Å². The molecule has 2 unspecified atom stereocenters. The van der Waals surface area contributed by atoms with E-state index in [1.807, 2.05) is 5.32 Å². The molecular formula is C15H11Cl3F3N3O3. The van der Waals surface area contributed by atoms with Gasteiger partial charge in [0.1, 0.15) is 16.9 Å². The Morgan fingerprint density at radius 3 is 2.41 bits per heavy atom. The number of aromatic nitrogens is 1. The Morgan fingerprint density at radius 2 is 1.93 bits per heavy atom. The lowest BCUT2D eigenvalue weighted by atomic mass is 9.88. The minimum Gasteiger partial charge on any atom is -0.464 e. The molecule has 1 aromatic heterocycles. The van der Waals surface area contributed by atoms with Gasteiger partial charge in [-0.1, -0.05) is 40.9 Å². The number of carbonyl (C=O) groups excluding carboxylic acids is 2. The summed E-state index contributed by atoms with van der Waals surface area (Å²) in [6.45, 7) is 0.971. The number of alkyl halides is 4. The minimum absolute atomic E-state index is 0.00823. The molecule has 27 heavy (non-hydrogen) atoms. The number of methoxy groups -OCH3 is 1. The van der Waals surface area contributed by atoms with Crippen molar-refractivity contribution in [1.29, 1.82) is 0 Å². The molecule has 2 rings (SSSR count). The Bertz CT molecular complexity index is 857. The first kappa shape index (κ1) is 21.5. The normalized spacial score (nSPS) is 23.0. The fourth-order valence-corrected chi connectivity index (χ4v) is 3.23. The largest absolute Gasteiger partial charge is 0.464 e. The summed E-state index contributed by atoms with van der Waals surface area (Å²) in [7, 11) is 0.864. The number of ether oxygens (including phenoxy) is 1. The summed E-state index contributed by atoms with van der Waals surface area (Å²) >= 11 is 17.8. The number of carbonyl (C=O) groups is 2. The van der Waals surface area contributed by atoms with Gasteiger partial charge in [-0.05, 0) is 12.1 Å². The number of nitrogens with one attached hydrogen (secondary N) is 1. The van der Waals surface area contributed by atoms with Crippen molar-refractivity contribution in [3.8, 4) is 0 Å². The Balaban J connectivity index is 2.82. The Labute approximate surface area is 166 Å². The third-order valence-electron chi connectivity index (χ3n) is 3.54. The van der Waals surface area contributed by atoms with Crippen molar-refractivity contribution in [2.24, 2.45) is 4.99 Å². The summed E-state index contributed by atoms with van der Waals surface area (Å²) in [5.74, 6) is -2.31. The summed E-state index contributed by atoms with van der Waals surface area (Å²) in [6.07, 6.45) is -5.22. The van der Waals surface area contributed by atoms with E-state index < -0.39 is 39.7 Å². The van der Waals surface area contributed by atoms with Crippen molar-refractivity contribution in [3.63, 3.8) is 0 Å². The molecule has 1 amide bonds. The molecule has 0 saturated carbocycles. The van der Waals surface area contributed by atoms with E-state index in [2.05, 4.69) is 14.7 Å². The predicted octanol–water partition coefficient (Wildman–Crippen LogP) is 3.31. The zero-order valence-corrected chi connectivity index (χ0v) is 16.0. The van der Waals surface area contributed by atoms with E-state index in [-0.39, 0.29) is 16.5 Å². The molecule has 1 aliphatic rings. The van der Waals surface area contributed by atoms with Crippen LogP contribution in [0, 0.1) is 0 Å². The van der Waals surface area contributed by atoms with Gasteiger partial charge in [-0.3, -0.25) is 4.79 Å². The molecule has 0 radical (unpaired) electrons. The zero-order chi connectivity index (χ0) is 20.6. The van der Waals surface area contributed by atoms with Gasteiger partial charge in [0.05, 0.1) is 17.8 Å². The maximum Gasteiger partial charge on any atom is 0.415 e. The summed E-state index contributed by atoms with van der Waals surface area (Å²) in [5.41, 5.74) is -1.52. The number of esters is 1. The SMILES string of the molecule is COC(=O)C1=NC(c2cccc(Cl)n2)=C(Cl)C(NC(C)=O)C1(Cl)C(F)(F)F. The second-order valence-electron chi connectivity index (χ2n) is 5.34. The highest BCUT2D eigenvalue weighted by molar-refractivity contribution is 6.55. The summed E-state index contributed by atoms with van der Waals surface area (Å²) < 4.78 is 45.9. The van der Waals surface area contributed by atoms with Crippen LogP contribution in [0.4, 0.5) is 13.2 Å². The molecule has 2 atom stereocenters. The number of aliphatic imine (C=N–C) groups is 1. The number of nitrogens with zero attached hydrogens (tertiary/aromatic N) is 2. The van der Waals surface area contributed by atoms with Gasteiger partial charge in [-0.2, -0.15) is 13.2 Å². The molecule has 6 nitrogen and oxygen atoms in total. The van der Waals surface area contributed by atoms with E-state index in [1.165, 1.54) is 18.2 Å². The molecule has 12 heteroatoms. The average Bonchev–Trinajstić information content (AvgIpc) is 2.57. The smallest absolute Gasteiger partial charge is 0.415 e. The highest BCUT2D eigenvalue weighted by Gasteiger charge is 2.67. The highest BCUT2D eigenvalue weighted by atomic mass is 35.5. The summed E-state index contributed by atoms with van der Waals surface area (Å²) in [5, 5.41) is 1.46. The molecule has 1 N–H and O–H groups in total. The van der Waals surface area contributed by atoms with Crippen LogP contribution in [0.25, 0.3) is 5.70 Å². The molecule has 0 saturated heterocycles. The number of halogens is 6. The number of hydrogen-bond donors (Lipinski definition) is 1. The van der Waals surface area contributed by atoms with Crippen LogP contribution in [0.5, 0.6) is 0 Å². The van der Waals surface area contributed by atoms with Crippen LogP contribution >= 0.6 is 34.8 Å². The molecular weight excluding hydrogens is 434 g/mol. The fourth-order valence-electron chi connectivity index (χ4n) is 2.37. The van der Waals surface area contributed by atoms with Gasteiger partial charge in [-0.25, -0.2) is 14.8 Å². The van der Waals surface area contributed by atoms with E-state index in [9.17, 15) is 22.8 Å². The van der Waals surface area contributed by atoms with Crippen molar-refractivity contribution in [3.05, 3.63) is 34.1 Å². The first-order valence-electron chi connectivity index (χ1n) is 7.16. The Hall–Kier alpha value is -1.84. The quantitative estimate of drug-likeness (QED) is 0.441. The second kappa shape index (κ2) is 7.65. The average molecular weight is 445 g/mol. The molecule has 146 valence electrons. The third kappa shape index (κ3) is 3.90. The molecule has 0 spiro atoms. The Kier molecular flexibility index (Phi) is 6.08. The van der Waals surface area contributed by atoms with Crippen molar-refractivity contribution in [1.82, 2.24) is 10.3 Å². The van der Waals surface area contributed by atoms with Gasteiger partial charge in [0.15, 0.2) is 5.71 Å². The van der Waals surface area contributed by atoms with E-state index in [1.54, 1.807) is 0 Å².